The van der Waals surface area contributed by atoms with Crippen molar-refractivity contribution in [1.82, 2.24) is 19.9 Å². The Labute approximate surface area is 246 Å². The number of aliphatic carboxylic acids is 1. The van der Waals surface area contributed by atoms with E-state index in [2.05, 4.69) is 40.3 Å². The lowest BCUT2D eigenvalue weighted by molar-refractivity contribution is -0.681. The van der Waals surface area contributed by atoms with Gasteiger partial charge in [0.15, 0.2) is 28.4 Å². The van der Waals surface area contributed by atoms with Crippen LogP contribution < -0.4 is 31.2 Å². The minimum atomic E-state index is -5.19. The molecule has 232 valence electrons. The van der Waals surface area contributed by atoms with Crippen molar-refractivity contribution in [2.24, 2.45) is 0 Å². The van der Waals surface area contributed by atoms with Gasteiger partial charge >= 0.3 is 6.18 Å². The van der Waals surface area contributed by atoms with E-state index in [4.69, 9.17) is 40.7 Å². The third-order valence-electron chi connectivity index (χ3n) is 5.53. The van der Waals surface area contributed by atoms with E-state index in [1.54, 1.807) is 7.11 Å². The summed E-state index contributed by atoms with van der Waals surface area (Å²) in [7, 11) is 1.62. The molecule has 3 rings (SSSR count). The Bertz CT molecular complexity index is 1370. The number of aromatic nitrogens is 4. The molecule has 0 spiro atoms. The van der Waals surface area contributed by atoms with Gasteiger partial charge in [0.25, 0.3) is 11.7 Å². The number of carboxylic acids is 1. The molecule has 0 radical (unpaired) electrons. The predicted molar refractivity (Wildman–Crippen MR) is 144 cm³/mol. The number of nitrogens with one attached hydrogen (secondary N) is 1. The fraction of sp³-hybridized carbons (Fsp3) is 0.458. The van der Waals surface area contributed by atoms with E-state index < -0.39 is 18.1 Å². The lowest BCUT2D eigenvalue weighted by Gasteiger charge is -2.09. The van der Waals surface area contributed by atoms with Crippen molar-refractivity contribution in [2.45, 2.75) is 32.7 Å². The summed E-state index contributed by atoms with van der Waals surface area (Å²) < 4.78 is 52.4. The average Bonchev–Trinajstić information content (AvgIpc) is 3.24. The minimum absolute atomic E-state index is 0.00957. The van der Waals surface area contributed by atoms with Gasteiger partial charge in [-0.25, -0.2) is 19.1 Å². The van der Waals surface area contributed by atoms with E-state index in [1.807, 2.05) is 25.1 Å². The summed E-state index contributed by atoms with van der Waals surface area (Å²) in [6.45, 7) is 4.99. The number of aliphatic hydroxyl groups is 1. The molecule has 0 saturated heterocycles. The van der Waals surface area contributed by atoms with Gasteiger partial charge in [-0.1, -0.05) is 0 Å². The summed E-state index contributed by atoms with van der Waals surface area (Å²) in [4.78, 5) is 29.7. The average molecular weight is 666 g/mol. The first-order valence-corrected chi connectivity index (χ1v) is 13.1. The number of ether oxygens (including phenoxy) is 3. The molecule has 1 aromatic carbocycles. The zero-order valence-electron chi connectivity index (χ0n) is 22.7. The normalized spacial score (nSPS) is 11.2. The van der Waals surface area contributed by atoms with E-state index in [0.717, 1.165) is 22.6 Å². The van der Waals surface area contributed by atoms with E-state index >= 15 is 0 Å². The molecular weight excluding hydrogens is 635 g/mol. The van der Waals surface area contributed by atoms with Gasteiger partial charge in [0.1, 0.15) is 29.4 Å². The van der Waals surface area contributed by atoms with Crippen molar-refractivity contribution < 1.29 is 51.8 Å². The molecule has 0 fully saturated rings. The second-order valence-electron chi connectivity index (χ2n) is 8.22. The first-order valence-electron chi connectivity index (χ1n) is 12.4. The second kappa shape index (κ2) is 16.0. The van der Waals surface area contributed by atoms with Crippen LogP contribution in [0.2, 0.25) is 0 Å². The number of halogens is 4. The molecule has 0 bridgehead atoms. The molecule has 1 amide bonds. The number of amides is 1. The Hall–Kier alpha value is -3.74. The van der Waals surface area contributed by atoms with Crippen LogP contribution in [0, 0.1) is 0 Å². The van der Waals surface area contributed by atoms with Crippen LogP contribution in [-0.2, 0) is 33.9 Å². The maximum absolute atomic E-state index is 12.9. The second-order valence-corrected chi connectivity index (χ2v) is 8.97. The maximum atomic E-state index is 12.9. The van der Waals surface area contributed by atoms with Crippen LogP contribution >= 0.6 is 15.9 Å². The molecule has 6 N–H and O–H groups in total. The highest BCUT2D eigenvalue weighted by Gasteiger charge is 2.29. The van der Waals surface area contributed by atoms with E-state index in [1.165, 1.54) is 0 Å². The van der Waals surface area contributed by atoms with Crippen molar-refractivity contribution >= 4 is 50.5 Å². The van der Waals surface area contributed by atoms with E-state index in [0.29, 0.717) is 32.9 Å². The van der Waals surface area contributed by atoms with Crippen LogP contribution in [-0.4, -0.2) is 77.8 Å². The van der Waals surface area contributed by atoms with Gasteiger partial charge in [0.05, 0.1) is 46.7 Å². The van der Waals surface area contributed by atoms with Crippen LogP contribution in [0.1, 0.15) is 23.2 Å². The largest absolute Gasteiger partial charge is 0.542 e. The number of aryl methyl sites for hydroxylation is 1. The highest BCUT2D eigenvalue weighted by molar-refractivity contribution is 9.10. The molecule has 0 aliphatic rings. The lowest BCUT2D eigenvalue weighted by atomic mass is 10.3. The third kappa shape index (κ3) is 9.40. The Kier molecular flexibility index (Phi) is 13.2. The highest BCUT2D eigenvalue weighted by atomic mass is 79.9. The van der Waals surface area contributed by atoms with E-state index in [-0.39, 0.29) is 41.7 Å². The minimum Gasteiger partial charge on any atom is -0.542 e. The van der Waals surface area contributed by atoms with Gasteiger partial charge in [0.2, 0.25) is 0 Å². The number of carboxylic acid groups (broad SMARTS) is 1. The molecule has 42 heavy (non-hydrogen) atoms. The van der Waals surface area contributed by atoms with Crippen LogP contribution in [0.15, 0.2) is 22.8 Å². The number of aliphatic hydroxyl groups excluding tert-OH is 1. The van der Waals surface area contributed by atoms with Gasteiger partial charge in [-0.15, -0.1) is 0 Å². The first-order chi connectivity index (χ1) is 19.8. The Balaban J connectivity index is 0.000000782. The number of alkyl halides is 3. The van der Waals surface area contributed by atoms with Gasteiger partial charge < -0.3 is 46.0 Å². The number of imidazole rings is 1. The third-order valence-corrected chi connectivity index (χ3v) is 6.11. The number of carbonyl (C=O) groups is 2. The quantitative estimate of drug-likeness (QED) is 0.140. The van der Waals surface area contributed by atoms with E-state index in [9.17, 15) is 18.0 Å². The summed E-state index contributed by atoms with van der Waals surface area (Å²) in [5, 5.41) is 20.5. The number of hydrogen-bond acceptors (Lipinski definition) is 11. The summed E-state index contributed by atoms with van der Waals surface area (Å²) in [5.74, 6) is -1.81. The van der Waals surface area contributed by atoms with Crippen LogP contribution in [0.25, 0.3) is 11.0 Å². The molecule has 0 aliphatic heterocycles. The van der Waals surface area contributed by atoms with Gasteiger partial charge in [-0.05, 0) is 35.0 Å². The number of carbonyl (C=O) groups excluding carboxylic acids is 2. The first kappa shape index (κ1) is 34.5. The summed E-state index contributed by atoms with van der Waals surface area (Å²) in [6, 6.07) is 5.84. The van der Waals surface area contributed by atoms with Crippen LogP contribution in [0.5, 0.6) is 5.75 Å². The molecule has 0 unspecified atom stereocenters. The number of benzene rings is 1. The Morgan fingerprint density at radius 2 is 1.79 bits per heavy atom. The predicted octanol–water partition coefficient (Wildman–Crippen LogP) is -0.0717. The molecule has 0 aliphatic carbocycles. The number of nitrogens with two attached hydrogens (primary N) is 2. The van der Waals surface area contributed by atoms with Gasteiger partial charge in [-0.3, -0.25) is 4.79 Å². The zero-order chi connectivity index (χ0) is 31.4. The smallest absolute Gasteiger partial charge is 0.430 e. The van der Waals surface area contributed by atoms with Crippen molar-refractivity contribution in [3.63, 3.8) is 0 Å². The number of nitrogens with zero attached hydrogens (tertiary/aromatic N) is 4. The molecule has 0 atom stereocenters. The topological polar surface area (TPSA) is 204 Å². The zero-order valence-corrected chi connectivity index (χ0v) is 24.3. The van der Waals surface area contributed by atoms with Gasteiger partial charge in [0, 0.05) is 6.07 Å². The molecular formula is C24H31BrF3N7O7. The molecule has 3 aromatic rings. The molecule has 14 nitrogen and oxygen atoms in total. The summed E-state index contributed by atoms with van der Waals surface area (Å²) in [6.07, 6.45) is -5.19. The van der Waals surface area contributed by atoms with Gasteiger partial charge in [-0.2, -0.15) is 13.2 Å². The number of hydrogen-bond donors (Lipinski definition) is 4. The summed E-state index contributed by atoms with van der Waals surface area (Å²) in [5.41, 5.74) is 13.5. The highest BCUT2D eigenvalue weighted by Crippen LogP contribution is 2.22. The SMILES string of the molecule is CCn1c(CNC(=O)c2nc(Br)c(N)nc2N)[n+](CCOCCOCCO)c2ccc(OC)cc21.O=C([O-])C(F)(F)F. The fourth-order valence-electron chi connectivity index (χ4n) is 3.69. The fourth-order valence-corrected chi connectivity index (χ4v) is 3.95. The number of nitrogen functional groups attached to an aromatic ring is 2. The summed E-state index contributed by atoms with van der Waals surface area (Å²) >= 11 is 3.18. The number of rotatable bonds is 13. The molecule has 18 heteroatoms. The maximum Gasteiger partial charge on any atom is 0.430 e. The Morgan fingerprint density at radius 1 is 1.14 bits per heavy atom. The molecule has 0 saturated carbocycles. The molecule has 2 heterocycles. The van der Waals surface area contributed by atoms with Crippen LogP contribution in [0.3, 0.4) is 0 Å². The molecule has 2 aromatic heterocycles. The monoisotopic (exact) mass is 665 g/mol. The van der Waals surface area contributed by atoms with Crippen LogP contribution in [0.4, 0.5) is 24.8 Å². The number of fused-ring (bicyclic) bond motifs is 1. The van der Waals surface area contributed by atoms with Crippen molar-refractivity contribution in [3.8, 4) is 5.75 Å². The van der Waals surface area contributed by atoms with Crippen molar-refractivity contribution in [1.29, 1.82) is 0 Å². The number of anilines is 2. The van der Waals surface area contributed by atoms with Crippen molar-refractivity contribution in [3.05, 3.63) is 34.3 Å². The lowest BCUT2D eigenvalue weighted by Crippen LogP contribution is -2.43. The standard InChI is InChI=1S/C22H30BrN7O5.C2HF3O2/c1-3-29-16-12-14(33-2)4-5-15(16)30(6-8-34-10-11-35-9-7-31)17(29)13-26-22(32)18-20(24)28-21(25)19(23)27-18;3-2(4,5)1(6)7/h4-5,12,31H,3,6-11,13H2,1-2H3,(H4-,24,25,26,28,32);(H,6,7). The number of methoxy groups -OCH3 is 1. The van der Waals surface area contributed by atoms with Crippen molar-refractivity contribution in [2.75, 3.05) is 51.6 Å². The Morgan fingerprint density at radius 3 is 2.36 bits per heavy atom.